The number of nitrogens with zero attached hydrogens (tertiary/aromatic N) is 1. The van der Waals surface area contributed by atoms with Crippen LogP contribution in [0.2, 0.25) is 0 Å². The Morgan fingerprint density at radius 1 is 1.29 bits per heavy atom. The average molecular weight is 389 g/mol. The molecule has 1 aromatic rings. The number of rotatable bonds is 7. The lowest BCUT2D eigenvalue weighted by Crippen LogP contribution is -2.46. The third-order valence-electron chi connectivity index (χ3n) is 5.10. The minimum atomic E-state index is -0.400. The van der Waals surface area contributed by atoms with Gasteiger partial charge in [0.2, 0.25) is 0 Å². The molecule has 0 radical (unpaired) electrons. The second-order valence-corrected chi connectivity index (χ2v) is 6.72. The van der Waals surface area contributed by atoms with Crippen molar-refractivity contribution < 1.29 is 23.8 Å². The zero-order valence-electron chi connectivity index (χ0n) is 16.5. The van der Waals surface area contributed by atoms with Gasteiger partial charge >= 0.3 is 12.0 Å². The Labute approximate surface area is 164 Å². The topological polar surface area (TPSA) is 89.1 Å². The summed E-state index contributed by atoms with van der Waals surface area (Å²) in [7, 11) is 3.27. The van der Waals surface area contributed by atoms with Crippen molar-refractivity contribution in [2.24, 2.45) is 0 Å². The van der Waals surface area contributed by atoms with E-state index in [2.05, 4.69) is 15.5 Å². The predicted octanol–water partition coefficient (Wildman–Crippen LogP) is 1.97. The number of amides is 2. The van der Waals surface area contributed by atoms with Gasteiger partial charge in [0.25, 0.3) is 0 Å². The van der Waals surface area contributed by atoms with Gasteiger partial charge in [-0.05, 0) is 32.4 Å². The number of nitrogens with one attached hydrogen (secondary N) is 2. The molecule has 3 rings (SSSR count). The molecule has 8 nitrogen and oxygen atoms in total. The Morgan fingerprint density at radius 3 is 2.82 bits per heavy atom. The molecule has 0 saturated carbocycles. The van der Waals surface area contributed by atoms with E-state index in [0.29, 0.717) is 24.4 Å². The van der Waals surface area contributed by atoms with E-state index in [1.165, 1.54) is 0 Å². The molecule has 2 aliphatic heterocycles. The zero-order valence-corrected chi connectivity index (χ0v) is 16.5. The van der Waals surface area contributed by atoms with E-state index < -0.39 is 5.97 Å². The molecule has 0 unspecified atom stereocenters. The van der Waals surface area contributed by atoms with Crippen LogP contribution >= 0.6 is 0 Å². The monoisotopic (exact) mass is 389 g/mol. The molecule has 2 amide bonds. The first-order valence-electron chi connectivity index (χ1n) is 9.47. The number of hydrogen-bond donors (Lipinski definition) is 2. The third-order valence-corrected chi connectivity index (χ3v) is 5.10. The van der Waals surface area contributed by atoms with Crippen molar-refractivity contribution in [3.05, 3.63) is 35.0 Å². The number of urea groups is 1. The van der Waals surface area contributed by atoms with Gasteiger partial charge < -0.3 is 24.8 Å². The number of esters is 1. The zero-order chi connectivity index (χ0) is 20.1. The maximum Gasteiger partial charge on any atom is 0.337 e. The molecule has 1 fully saturated rings. The fourth-order valence-corrected chi connectivity index (χ4v) is 3.74. The van der Waals surface area contributed by atoms with Gasteiger partial charge in [-0.1, -0.05) is 6.07 Å². The Kier molecular flexibility index (Phi) is 6.41. The summed E-state index contributed by atoms with van der Waals surface area (Å²) >= 11 is 0. The van der Waals surface area contributed by atoms with Crippen LogP contribution in [0.25, 0.3) is 0 Å². The highest BCUT2D eigenvalue weighted by Crippen LogP contribution is 2.39. The molecule has 0 spiro atoms. The summed E-state index contributed by atoms with van der Waals surface area (Å²) in [6.07, 6.45) is 1.99. The van der Waals surface area contributed by atoms with Crippen molar-refractivity contribution in [3.8, 4) is 11.5 Å². The summed E-state index contributed by atoms with van der Waals surface area (Å²) in [5.74, 6) is 1.11. The van der Waals surface area contributed by atoms with E-state index in [4.69, 9.17) is 14.2 Å². The van der Waals surface area contributed by atoms with Crippen molar-refractivity contribution in [2.45, 2.75) is 25.8 Å². The number of likely N-dealkylation sites (tertiary alicyclic amines) is 1. The van der Waals surface area contributed by atoms with E-state index >= 15 is 0 Å². The maximum absolute atomic E-state index is 12.3. The second kappa shape index (κ2) is 8.97. The number of carbonyl (C=O) groups excluding carboxylic acids is 2. The summed E-state index contributed by atoms with van der Waals surface area (Å²) in [6.45, 7) is 3.55. The summed E-state index contributed by atoms with van der Waals surface area (Å²) in [5, 5.41) is 5.43. The summed E-state index contributed by atoms with van der Waals surface area (Å²) < 4.78 is 16.0. The largest absolute Gasteiger partial charge is 0.497 e. The van der Waals surface area contributed by atoms with E-state index in [-0.39, 0.29) is 18.6 Å². The molecule has 1 atom stereocenters. The molecule has 0 aliphatic carbocycles. The van der Waals surface area contributed by atoms with Crippen LogP contribution in [0.15, 0.2) is 29.5 Å². The van der Waals surface area contributed by atoms with Gasteiger partial charge in [-0.15, -0.1) is 0 Å². The summed E-state index contributed by atoms with van der Waals surface area (Å²) in [5.41, 5.74) is 2.13. The molecular formula is C20H27N3O5. The molecule has 28 heavy (non-hydrogen) atoms. The van der Waals surface area contributed by atoms with Crippen LogP contribution in [0.5, 0.6) is 11.5 Å². The molecule has 0 aromatic heterocycles. The SMILES string of the molecule is CCOC(=O)C1=C(CN2CCC[C@H]2c2ccc(OC)cc2OC)NC(=O)NC1. The van der Waals surface area contributed by atoms with Gasteiger partial charge in [0.05, 0.1) is 32.9 Å². The Balaban J connectivity index is 1.86. The first kappa shape index (κ1) is 20.0. The van der Waals surface area contributed by atoms with Gasteiger partial charge in [0.15, 0.2) is 0 Å². The number of benzene rings is 1. The number of carbonyl (C=O) groups is 2. The predicted molar refractivity (Wildman–Crippen MR) is 103 cm³/mol. The van der Waals surface area contributed by atoms with Gasteiger partial charge in [-0.3, -0.25) is 4.90 Å². The first-order valence-corrected chi connectivity index (χ1v) is 9.47. The van der Waals surface area contributed by atoms with Crippen LogP contribution in [0, 0.1) is 0 Å². The maximum atomic E-state index is 12.3. The Morgan fingerprint density at radius 2 is 2.11 bits per heavy atom. The molecule has 2 heterocycles. The minimum absolute atomic E-state index is 0.128. The van der Waals surface area contributed by atoms with E-state index in [1.807, 2.05) is 18.2 Å². The number of ether oxygens (including phenoxy) is 3. The van der Waals surface area contributed by atoms with E-state index in [1.54, 1.807) is 21.1 Å². The van der Waals surface area contributed by atoms with Gasteiger partial charge in [0, 0.05) is 29.9 Å². The number of methoxy groups -OCH3 is 2. The van der Waals surface area contributed by atoms with Crippen molar-refractivity contribution in [1.82, 2.24) is 15.5 Å². The third kappa shape index (κ3) is 4.22. The Bertz CT molecular complexity index is 777. The van der Waals surface area contributed by atoms with Crippen LogP contribution in [0.4, 0.5) is 4.79 Å². The highest BCUT2D eigenvalue weighted by Gasteiger charge is 2.32. The van der Waals surface area contributed by atoms with Crippen LogP contribution in [-0.2, 0) is 9.53 Å². The average Bonchev–Trinajstić information content (AvgIpc) is 3.15. The smallest absolute Gasteiger partial charge is 0.337 e. The van der Waals surface area contributed by atoms with Gasteiger partial charge in [-0.2, -0.15) is 0 Å². The highest BCUT2D eigenvalue weighted by atomic mass is 16.5. The summed E-state index contributed by atoms with van der Waals surface area (Å²) in [4.78, 5) is 26.4. The Hall–Kier alpha value is -2.74. The molecule has 0 bridgehead atoms. The fourth-order valence-electron chi connectivity index (χ4n) is 3.74. The van der Waals surface area contributed by atoms with Crippen molar-refractivity contribution in [3.63, 3.8) is 0 Å². The highest BCUT2D eigenvalue weighted by molar-refractivity contribution is 5.93. The van der Waals surface area contributed by atoms with Crippen molar-refractivity contribution in [2.75, 3.05) is 40.5 Å². The molecular weight excluding hydrogens is 362 g/mol. The second-order valence-electron chi connectivity index (χ2n) is 6.72. The van der Waals surface area contributed by atoms with Gasteiger partial charge in [0.1, 0.15) is 11.5 Å². The fraction of sp³-hybridized carbons (Fsp3) is 0.500. The summed E-state index contributed by atoms with van der Waals surface area (Å²) in [6, 6.07) is 5.64. The van der Waals surface area contributed by atoms with E-state index in [0.717, 1.165) is 36.4 Å². The standard InChI is InChI=1S/C20H27N3O5/c1-4-28-19(24)15-11-21-20(25)22-16(15)12-23-9-5-6-17(23)14-8-7-13(26-2)10-18(14)27-3/h7-8,10,17H,4-6,9,11-12H2,1-3H3,(H2,21,22,25)/t17-/m0/s1. The van der Waals surface area contributed by atoms with Crippen LogP contribution in [-0.4, -0.2) is 57.4 Å². The molecule has 1 saturated heterocycles. The van der Waals surface area contributed by atoms with Crippen molar-refractivity contribution in [1.29, 1.82) is 0 Å². The molecule has 2 N–H and O–H groups in total. The quantitative estimate of drug-likeness (QED) is 0.693. The molecule has 1 aromatic carbocycles. The molecule has 2 aliphatic rings. The molecule has 152 valence electrons. The van der Waals surface area contributed by atoms with Gasteiger partial charge in [-0.25, -0.2) is 9.59 Å². The van der Waals surface area contributed by atoms with Crippen LogP contribution in [0.3, 0.4) is 0 Å². The number of hydrogen-bond acceptors (Lipinski definition) is 6. The van der Waals surface area contributed by atoms with E-state index in [9.17, 15) is 9.59 Å². The van der Waals surface area contributed by atoms with Crippen LogP contribution in [0.1, 0.15) is 31.4 Å². The lowest BCUT2D eigenvalue weighted by atomic mass is 10.0. The lowest BCUT2D eigenvalue weighted by molar-refractivity contribution is -0.138. The first-order chi connectivity index (χ1) is 13.6. The van der Waals surface area contributed by atoms with Crippen molar-refractivity contribution >= 4 is 12.0 Å². The normalized spacial score (nSPS) is 19.8. The minimum Gasteiger partial charge on any atom is -0.497 e. The lowest BCUT2D eigenvalue weighted by Gasteiger charge is -2.30. The molecule has 8 heteroatoms. The van der Waals surface area contributed by atoms with Crippen LogP contribution < -0.4 is 20.1 Å².